The Labute approximate surface area is 201 Å². The zero-order valence-electron chi connectivity index (χ0n) is 20.8. The van der Waals surface area contributed by atoms with E-state index in [1.165, 1.54) is 37.7 Å². The smallest absolute Gasteiger partial charge is 0.330 e. The molecule has 0 atom stereocenters. The van der Waals surface area contributed by atoms with Crippen molar-refractivity contribution in [2.24, 2.45) is 0 Å². The lowest BCUT2D eigenvalue weighted by atomic mass is 9.94. The molecular weight excluding hydrogens is 428 g/mol. The van der Waals surface area contributed by atoms with Gasteiger partial charge in [-0.1, -0.05) is 50.8 Å². The van der Waals surface area contributed by atoms with Crippen molar-refractivity contribution in [2.45, 2.75) is 91.0 Å². The van der Waals surface area contributed by atoms with Crippen molar-refractivity contribution in [1.82, 2.24) is 24.0 Å². The van der Waals surface area contributed by atoms with E-state index in [9.17, 15) is 9.59 Å². The molecule has 0 radical (unpaired) electrons. The van der Waals surface area contributed by atoms with Crippen molar-refractivity contribution < 1.29 is 0 Å². The van der Waals surface area contributed by atoms with Crippen LogP contribution in [0.3, 0.4) is 0 Å². The van der Waals surface area contributed by atoms with Crippen molar-refractivity contribution in [3.8, 4) is 0 Å². The monoisotopic (exact) mass is 466 g/mol. The molecule has 34 heavy (non-hydrogen) atoms. The van der Waals surface area contributed by atoms with Crippen LogP contribution in [0.15, 0.2) is 33.9 Å². The standard InChI is InChI=1S/C26H38N6O2/c1-4-6-16-32-24-23(25(33)29-26(32)34)31(5-2)22(28-24)17-27-21-15-11-10-12-19(21)18-30(3)20-13-8-7-9-14-20/h10-12,15,20,27H,4-9,13-14,16-18H2,1-3H3,(H,29,33,34). The molecule has 8 heteroatoms. The summed E-state index contributed by atoms with van der Waals surface area (Å²) in [7, 11) is 2.23. The summed E-state index contributed by atoms with van der Waals surface area (Å²) in [5, 5.41) is 3.56. The molecule has 1 saturated carbocycles. The molecule has 8 nitrogen and oxygen atoms in total. The highest BCUT2D eigenvalue weighted by Gasteiger charge is 2.20. The molecule has 0 amide bonds. The van der Waals surface area contributed by atoms with E-state index >= 15 is 0 Å². The first-order valence-corrected chi connectivity index (χ1v) is 12.8. The van der Waals surface area contributed by atoms with Crippen molar-refractivity contribution in [1.29, 1.82) is 0 Å². The van der Waals surface area contributed by atoms with Crippen molar-refractivity contribution in [3.05, 3.63) is 56.5 Å². The van der Waals surface area contributed by atoms with Crippen LogP contribution in [0.2, 0.25) is 0 Å². The molecule has 1 fully saturated rings. The number of nitrogens with zero attached hydrogens (tertiary/aromatic N) is 4. The zero-order chi connectivity index (χ0) is 24.1. The number of rotatable bonds is 10. The number of benzene rings is 1. The summed E-state index contributed by atoms with van der Waals surface area (Å²) in [4.78, 5) is 34.9. The fraction of sp³-hybridized carbons (Fsp3) is 0.577. The highest BCUT2D eigenvalue weighted by molar-refractivity contribution is 5.71. The van der Waals surface area contributed by atoms with Gasteiger partial charge in [-0.05, 0) is 44.9 Å². The number of aryl methyl sites for hydroxylation is 2. The molecule has 4 rings (SSSR count). The van der Waals surface area contributed by atoms with Crippen LogP contribution in [0.25, 0.3) is 11.2 Å². The summed E-state index contributed by atoms with van der Waals surface area (Å²) in [6.07, 6.45) is 8.38. The van der Waals surface area contributed by atoms with Gasteiger partial charge in [-0.3, -0.25) is 19.2 Å². The van der Waals surface area contributed by atoms with E-state index < -0.39 is 0 Å². The molecule has 0 unspecified atom stereocenters. The zero-order valence-corrected chi connectivity index (χ0v) is 20.8. The van der Waals surface area contributed by atoms with Crippen molar-refractivity contribution in [3.63, 3.8) is 0 Å². The van der Waals surface area contributed by atoms with E-state index in [4.69, 9.17) is 4.98 Å². The number of unbranched alkanes of at least 4 members (excludes halogenated alkanes) is 1. The largest absolute Gasteiger partial charge is 0.378 e. The minimum Gasteiger partial charge on any atom is -0.378 e. The highest BCUT2D eigenvalue weighted by Crippen LogP contribution is 2.25. The highest BCUT2D eigenvalue weighted by atomic mass is 16.2. The van der Waals surface area contributed by atoms with Gasteiger partial charge in [0.1, 0.15) is 5.82 Å². The average Bonchev–Trinajstić information content (AvgIpc) is 3.22. The average molecular weight is 467 g/mol. The number of imidazole rings is 1. The van der Waals surface area contributed by atoms with Gasteiger partial charge < -0.3 is 9.88 Å². The molecule has 2 N–H and O–H groups in total. The van der Waals surface area contributed by atoms with Crippen LogP contribution < -0.4 is 16.6 Å². The number of fused-ring (bicyclic) bond motifs is 1. The van der Waals surface area contributed by atoms with Crippen LogP contribution in [0.4, 0.5) is 5.69 Å². The second-order valence-corrected chi connectivity index (χ2v) is 9.43. The molecule has 0 saturated heterocycles. The lowest BCUT2D eigenvalue weighted by Crippen LogP contribution is -2.33. The minimum absolute atomic E-state index is 0.372. The summed E-state index contributed by atoms with van der Waals surface area (Å²) in [6.45, 7) is 6.61. The molecule has 1 aromatic carbocycles. The number of nitrogens with one attached hydrogen (secondary N) is 2. The van der Waals surface area contributed by atoms with Gasteiger partial charge in [0.05, 0.1) is 6.54 Å². The van der Waals surface area contributed by atoms with Gasteiger partial charge in [-0.2, -0.15) is 0 Å². The van der Waals surface area contributed by atoms with Crippen LogP contribution >= 0.6 is 0 Å². The molecule has 1 aliphatic carbocycles. The summed E-state index contributed by atoms with van der Waals surface area (Å²) >= 11 is 0. The van der Waals surface area contributed by atoms with Crippen molar-refractivity contribution in [2.75, 3.05) is 12.4 Å². The van der Waals surface area contributed by atoms with E-state index in [0.717, 1.165) is 30.9 Å². The van der Waals surface area contributed by atoms with E-state index in [1.807, 2.05) is 17.6 Å². The Morgan fingerprint density at radius 3 is 2.62 bits per heavy atom. The predicted octanol–water partition coefficient (Wildman–Crippen LogP) is 4.08. The SMILES string of the molecule is CCCCn1c(=O)[nH]c(=O)c2c1nc(CNc1ccccc1CN(C)C1CCCCC1)n2CC. The van der Waals surface area contributed by atoms with Crippen LogP contribution in [-0.4, -0.2) is 37.1 Å². The number of hydrogen-bond donors (Lipinski definition) is 2. The van der Waals surface area contributed by atoms with Gasteiger partial charge in [-0.25, -0.2) is 9.78 Å². The van der Waals surface area contributed by atoms with Crippen LogP contribution in [-0.2, 0) is 26.2 Å². The van der Waals surface area contributed by atoms with E-state index in [2.05, 4.69) is 47.4 Å². The number of aromatic amines is 1. The van der Waals surface area contributed by atoms with Gasteiger partial charge in [0.25, 0.3) is 5.56 Å². The second kappa shape index (κ2) is 11.0. The Hall–Kier alpha value is -2.87. The maximum Gasteiger partial charge on any atom is 0.330 e. The molecule has 0 bridgehead atoms. The number of para-hydroxylation sites is 1. The topological polar surface area (TPSA) is 87.9 Å². The normalized spacial score (nSPS) is 14.8. The second-order valence-electron chi connectivity index (χ2n) is 9.43. The molecule has 1 aliphatic rings. The summed E-state index contributed by atoms with van der Waals surface area (Å²) in [6, 6.07) is 9.06. The Kier molecular flexibility index (Phi) is 7.88. The first-order chi connectivity index (χ1) is 16.5. The first kappa shape index (κ1) is 24.3. The van der Waals surface area contributed by atoms with Crippen molar-refractivity contribution >= 4 is 16.9 Å². The summed E-state index contributed by atoms with van der Waals surface area (Å²) < 4.78 is 3.52. The molecule has 2 aromatic heterocycles. The Morgan fingerprint density at radius 1 is 1.12 bits per heavy atom. The fourth-order valence-electron chi connectivity index (χ4n) is 5.14. The van der Waals surface area contributed by atoms with Crippen LogP contribution in [0.5, 0.6) is 0 Å². The van der Waals surface area contributed by atoms with Gasteiger partial charge >= 0.3 is 5.69 Å². The molecule has 0 aliphatic heterocycles. The van der Waals surface area contributed by atoms with E-state index in [0.29, 0.717) is 36.8 Å². The predicted molar refractivity (Wildman–Crippen MR) is 137 cm³/mol. The molecule has 2 heterocycles. The van der Waals surface area contributed by atoms with Gasteiger partial charge in [0, 0.05) is 31.4 Å². The lowest BCUT2D eigenvalue weighted by Gasteiger charge is -2.31. The number of hydrogen-bond acceptors (Lipinski definition) is 5. The minimum atomic E-state index is -0.387. The molecular formula is C26H38N6O2. The Balaban J connectivity index is 1.59. The molecule has 184 valence electrons. The van der Waals surface area contributed by atoms with E-state index in [-0.39, 0.29) is 11.2 Å². The Bertz CT molecular complexity index is 1220. The number of aromatic nitrogens is 4. The lowest BCUT2D eigenvalue weighted by molar-refractivity contribution is 0.185. The summed E-state index contributed by atoms with van der Waals surface area (Å²) in [5.74, 6) is 0.759. The maximum atomic E-state index is 12.7. The quantitative estimate of drug-likeness (QED) is 0.470. The third-order valence-corrected chi connectivity index (χ3v) is 7.09. The first-order valence-electron chi connectivity index (χ1n) is 12.8. The third kappa shape index (κ3) is 5.12. The van der Waals surface area contributed by atoms with Gasteiger partial charge in [0.15, 0.2) is 11.2 Å². The maximum absolute atomic E-state index is 12.7. The van der Waals surface area contributed by atoms with Crippen LogP contribution in [0, 0.1) is 0 Å². The fourth-order valence-corrected chi connectivity index (χ4v) is 5.14. The van der Waals surface area contributed by atoms with E-state index in [1.54, 1.807) is 4.57 Å². The van der Waals surface area contributed by atoms with Gasteiger partial charge in [-0.15, -0.1) is 0 Å². The van der Waals surface area contributed by atoms with Crippen LogP contribution in [0.1, 0.15) is 70.2 Å². The molecule has 0 spiro atoms. The van der Waals surface area contributed by atoms with Gasteiger partial charge in [0.2, 0.25) is 0 Å². The molecule has 3 aromatic rings. The third-order valence-electron chi connectivity index (χ3n) is 7.09. The summed E-state index contributed by atoms with van der Waals surface area (Å²) in [5.41, 5.74) is 2.53. The number of anilines is 1. The number of H-pyrrole nitrogens is 1. The Morgan fingerprint density at radius 2 is 1.88 bits per heavy atom.